The predicted molar refractivity (Wildman–Crippen MR) is 199 cm³/mol. The van der Waals surface area contributed by atoms with Crippen LogP contribution in [0.5, 0.6) is 0 Å². The molecule has 0 aliphatic heterocycles. The van der Waals surface area contributed by atoms with Crippen molar-refractivity contribution in [2.45, 2.75) is 79.8 Å². The first-order chi connectivity index (χ1) is 20.5. The summed E-state index contributed by atoms with van der Waals surface area (Å²) in [6.45, 7) is 22.6. The predicted octanol–water partition coefficient (Wildman–Crippen LogP) is 10.7. The maximum Gasteiger partial charge on any atom is 0.132 e. The minimum Gasteiger partial charge on any atom is -0.127 e. The van der Waals surface area contributed by atoms with Gasteiger partial charge in [-0.1, -0.05) is 117 Å². The fraction of sp³-hybridized carbons (Fsp3) is 0.333. The first-order valence-electron chi connectivity index (χ1n) is 15.7. The van der Waals surface area contributed by atoms with Crippen LogP contribution >= 0.6 is 0 Å². The first kappa shape index (κ1) is 33.0. The number of hydrogen-bond acceptors (Lipinski definition) is 0. The Bertz CT molecular complexity index is 1790. The lowest BCUT2D eigenvalue weighted by Crippen LogP contribution is -2.26. The Morgan fingerprint density at radius 1 is 0.523 bits per heavy atom. The van der Waals surface area contributed by atoms with Crippen molar-refractivity contribution in [1.82, 2.24) is 0 Å². The van der Waals surface area contributed by atoms with E-state index in [4.69, 9.17) is 0 Å². The molecule has 0 atom stereocenters. The lowest BCUT2D eigenvalue weighted by molar-refractivity contribution is 0.482. The van der Waals surface area contributed by atoms with Crippen LogP contribution in [0.1, 0.15) is 63.3 Å². The molecule has 0 nitrogen and oxygen atoms in total. The fourth-order valence-corrected chi connectivity index (χ4v) is 7.19. The molecular formula is C42H46Si2. The van der Waals surface area contributed by atoms with Gasteiger partial charge in [-0.3, -0.25) is 0 Å². The molecule has 0 heterocycles. The van der Waals surface area contributed by atoms with Crippen molar-refractivity contribution in [3.8, 4) is 46.6 Å². The summed E-state index contributed by atoms with van der Waals surface area (Å²) in [6.07, 6.45) is 1.01. The van der Waals surface area contributed by atoms with Crippen LogP contribution in [-0.4, -0.2) is 16.1 Å². The van der Waals surface area contributed by atoms with Gasteiger partial charge in [-0.05, 0) is 82.1 Å². The van der Waals surface area contributed by atoms with E-state index in [1.54, 1.807) is 0 Å². The zero-order valence-corrected chi connectivity index (χ0v) is 30.3. The maximum atomic E-state index is 3.76. The van der Waals surface area contributed by atoms with E-state index in [9.17, 15) is 0 Å². The zero-order chi connectivity index (χ0) is 32.2. The van der Waals surface area contributed by atoms with E-state index in [0.717, 1.165) is 40.1 Å². The molecule has 0 aliphatic rings. The SMILES string of the molecule is CC(C)(C)C#Cc1cccc2cccc(C#CC(C)(C)CC[Si](C)(C)C#Cc3cccc4cccc(C#C[Si](C)(C)C)c34)c12. The van der Waals surface area contributed by atoms with Gasteiger partial charge in [-0.25, -0.2) is 0 Å². The highest BCUT2D eigenvalue weighted by Crippen LogP contribution is 2.28. The molecule has 0 aliphatic carbocycles. The second-order valence-corrected chi connectivity index (χ2v) is 24.5. The molecule has 4 aromatic rings. The third-order valence-corrected chi connectivity index (χ3v) is 10.6. The molecule has 222 valence electrons. The summed E-state index contributed by atoms with van der Waals surface area (Å²) >= 11 is 0. The van der Waals surface area contributed by atoms with Crippen molar-refractivity contribution >= 4 is 37.7 Å². The molecule has 4 aromatic carbocycles. The third kappa shape index (κ3) is 9.29. The van der Waals surface area contributed by atoms with Crippen LogP contribution in [0.15, 0.2) is 72.8 Å². The number of hydrogen-bond donors (Lipinski definition) is 0. The largest absolute Gasteiger partial charge is 0.132 e. The minimum atomic E-state index is -1.82. The highest BCUT2D eigenvalue weighted by Gasteiger charge is 2.24. The second kappa shape index (κ2) is 13.0. The number of benzene rings is 4. The average Bonchev–Trinajstić information content (AvgIpc) is 2.95. The topological polar surface area (TPSA) is 0 Å². The van der Waals surface area contributed by atoms with Crippen LogP contribution < -0.4 is 0 Å². The normalized spacial score (nSPS) is 11.8. The average molecular weight is 607 g/mol. The molecule has 0 fully saturated rings. The van der Waals surface area contributed by atoms with E-state index in [2.05, 4.69) is 187 Å². The van der Waals surface area contributed by atoms with Crippen LogP contribution in [0, 0.1) is 57.4 Å². The quantitative estimate of drug-likeness (QED) is 0.161. The van der Waals surface area contributed by atoms with Crippen LogP contribution in [0.25, 0.3) is 21.5 Å². The lowest BCUT2D eigenvalue weighted by atomic mass is 9.90. The molecule has 0 aromatic heterocycles. The van der Waals surface area contributed by atoms with E-state index >= 15 is 0 Å². The van der Waals surface area contributed by atoms with Gasteiger partial charge in [0.05, 0.1) is 0 Å². The molecule has 0 radical (unpaired) electrons. The summed E-state index contributed by atoms with van der Waals surface area (Å²) in [5.74, 6) is 21.1. The second-order valence-electron chi connectivity index (χ2n) is 15.2. The fourth-order valence-electron chi connectivity index (χ4n) is 4.83. The Kier molecular flexibility index (Phi) is 9.72. The Morgan fingerprint density at radius 2 is 0.932 bits per heavy atom. The molecule has 0 spiro atoms. The van der Waals surface area contributed by atoms with E-state index in [0.29, 0.717) is 0 Å². The molecule has 0 saturated carbocycles. The monoisotopic (exact) mass is 606 g/mol. The van der Waals surface area contributed by atoms with Crippen LogP contribution in [0.3, 0.4) is 0 Å². The van der Waals surface area contributed by atoms with E-state index < -0.39 is 16.1 Å². The van der Waals surface area contributed by atoms with Gasteiger partial charge in [0.1, 0.15) is 16.1 Å². The standard InChI is InChI=1S/C42H46Si2/c1-41(2,3)27-23-35-19-11-15-33-16-12-20-36(39(33)35)24-28-42(4,5)29-32-44(9,10)31-26-38-22-14-18-34-17-13-21-37(40(34)38)25-30-43(6,7)8/h11-22H,29,32H2,1-10H3. The Morgan fingerprint density at radius 3 is 1.36 bits per heavy atom. The van der Waals surface area contributed by atoms with Gasteiger partial charge in [0, 0.05) is 43.9 Å². The van der Waals surface area contributed by atoms with Gasteiger partial charge in [-0.15, -0.1) is 11.1 Å². The molecule has 0 unspecified atom stereocenters. The summed E-state index contributed by atoms with van der Waals surface area (Å²) in [6, 6.07) is 26.7. The summed E-state index contributed by atoms with van der Waals surface area (Å²) in [5.41, 5.74) is 11.4. The zero-order valence-electron chi connectivity index (χ0n) is 28.3. The van der Waals surface area contributed by atoms with Gasteiger partial charge in [0.15, 0.2) is 0 Å². The van der Waals surface area contributed by atoms with Crippen molar-refractivity contribution < 1.29 is 0 Å². The highest BCUT2D eigenvalue weighted by molar-refractivity contribution is 6.85. The molecule has 44 heavy (non-hydrogen) atoms. The molecule has 0 N–H and O–H groups in total. The first-order valence-corrected chi connectivity index (χ1v) is 22.4. The van der Waals surface area contributed by atoms with E-state index in [1.165, 1.54) is 16.2 Å². The summed E-state index contributed by atoms with van der Waals surface area (Å²) in [4.78, 5) is 0. The highest BCUT2D eigenvalue weighted by atomic mass is 28.3. The van der Waals surface area contributed by atoms with Crippen molar-refractivity contribution in [3.63, 3.8) is 0 Å². The molecule has 0 amide bonds. The van der Waals surface area contributed by atoms with Crippen LogP contribution in [0.4, 0.5) is 0 Å². The summed E-state index contributed by atoms with van der Waals surface area (Å²) in [7, 11) is -3.30. The number of rotatable bonds is 3. The summed E-state index contributed by atoms with van der Waals surface area (Å²) in [5, 5.41) is 4.73. The Labute approximate surface area is 269 Å². The van der Waals surface area contributed by atoms with Gasteiger partial charge < -0.3 is 0 Å². The molecule has 2 heteroatoms. The Hall–Kier alpha value is -3.93. The van der Waals surface area contributed by atoms with Gasteiger partial charge in [0.25, 0.3) is 0 Å². The molecule has 0 saturated heterocycles. The smallest absolute Gasteiger partial charge is 0.127 e. The molecular weight excluding hydrogens is 561 g/mol. The van der Waals surface area contributed by atoms with Crippen LogP contribution in [0.2, 0.25) is 38.8 Å². The maximum absolute atomic E-state index is 3.76. The van der Waals surface area contributed by atoms with E-state index in [1.807, 2.05) is 0 Å². The minimum absolute atomic E-state index is 0.0536. The van der Waals surface area contributed by atoms with Gasteiger partial charge in [0.2, 0.25) is 0 Å². The third-order valence-electron chi connectivity index (χ3n) is 7.40. The Balaban J connectivity index is 1.59. The van der Waals surface area contributed by atoms with Crippen molar-refractivity contribution in [2.24, 2.45) is 10.8 Å². The lowest BCUT2D eigenvalue weighted by Gasteiger charge is -2.22. The van der Waals surface area contributed by atoms with Crippen molar-refractivity contribution in [1.29, 1.82) is 0 Å². The van der Waals surface area contributed by atoms with Gasteiger partial charge in [-0.2, -0.15) is 0 Å². The van der Waals surface area contributed by atoms with E-state index in [-0.39, 0.29) is 10.8 Å². The van der Waals surface area contributed by atoms with Gasteiger partial charge >= 0.3 is 0 Å². The summed E-state index contributed by atoms with van der Waals surface area (Å²) < 4.78 is 0. The van der Waals surface area contributed by atoms with Crippen molar-refractivity contribution in [3.05, 3.63) is 95.1 Å². The van der Waals surface area contributed by atoms with Crippen molar-refractivity contribution in [2.75, 3.05) is 0 Å². The number of fused-ring (bicyclic) bond motifs is 2. The molecule has 4 rings (SSSR count). The molecule has 0 bridgehead atoms. The van der Waals surface area contributed by atoms with Crippen LogP contribution in [-0.2, 0) is 0 Å².